The summed E-state index contributed by atoms with van der Waals surface area (Å²) in [7, 11) is 0. The van der Waals surface area contributed by atoms with Crippen molar-refractivity contribution in [2.24, 2.45) is 16.8 Å². The van der Waals surface area contributed by atoms with Crippen molar-refractivity contribution in [3.05, 3.63) is 23.8 Å². The van der Waals surface area contributed by atoms with Crippen molar-refractivity contribution in [2.45, 2.75) is 24.2 Å². The maximum absolute atomic E-state index is 8.85. The quantitative estimate of drug-likeness (QED) is 0.273. The molecular formula is C13H18N2O2S. The highest BCUT2D eigenvalue weighted by atomic mass is 32.2. The molecule has 0 bridgehead atoms. The van der Waals surface area contributed by atoms with Crippen LogP contribution in [0.2, 0.25) is 0 Å². The van der Waals surface area contributed by atoms with E-state index in [9.17, 15) is 0 Å². The minimum atomic E-state index is 0.0985. The van der Waals surface area contributed by atoms with Crippen LogP contribution in [0, 0.1) is 5.92 Å². The second-order valence-electron chi connectivity index (χ2n) is 4.40. The van der Waals surface area contributed by atoms with Crippen molar-refractivity contribution in [3.8, 4) is 5.75 Å². The molecule has 2 rings (SSSR count). The number of hydrogen-bond acceptors (Lipinski definition) is 4. The van der Waals surface area contributed by atoms with E-state index in [2.05, 4.69) is 5.16 Å². The van der Waals surface area contributed by atoms with Crippen molar-refractivity contribution < 1.29 is 9.94 Å². The normalized spacial score (nSPS) is 15.7. The van der Waals surface area contributed by atoms with Crippen molar-refractivity contribution in [3.63, 3.8) is 0 Å². The Morgan fingerprint density at radius 1 is 1.56 bits per heavy atom. The fourth-order valence-corrected chi connectivity index (χ4v) is 2.47. The Bertz CT molecular complexity index is 445. The summed E-state index contributed by atoms with van der Waals surface area (Å²) in [6.07, 6.45) is 5.68. The van der Waals surface area contributed by atoms with Crippen LogP contribution in [0.25, 0.3) is 0 Å². The fourth-order valence-electron chi connectivity index (χ4n) is 1.85. The molecule has 0 atom stereocenters. The van der Waals surface area contributed by atoms with Crippen molar-refractivity contribution >= 4 is 17.6 Å². The van der Waals surface area contributed by atoms with E-state index in [0.717, 1.165) is 17.2 Å². The number of oxime groups is 1. The van der Waals surface area contributed by atoms with Gasteiger partial charge in [0.25, 0.3) is 0 Å². The Kier molecular flexibility index (Phi) is 4.36. The van der Waals surface area contributed by atoms with E-state index in [1.54, 1.807) is 11.8 Å². The summed E-state index contributed by atoms with van der Waals surface area (Å²) in [6.45, 7) is 0.689. The van der Waals surface area contributed by atoms with E-state index in [-0.39, 0.29) is 5.84 Å². The van der Waals surface area contributed by atoms with E-state index in [1.165, 1.54) is 12.8 Å². The Balaban J connectivity index is 2.15. The summed E-state index contributed by atoms with van der Waals surface area (Å²) in [5, 5.41) is 11.9. The molecule has 5 heteroatoms. The summed E-state index contributed by atoms with van der Waals surface area (Å²) in [6, 6.07) is 5.72. The zero-order chi connectivity index (χ0) is 13.0. The van der Waals surface area contributed by atoms with Gasteiger partial charge < -0.3 is 15.7 Å². The maximum Gasteiger partial charge on any atom is 0.174 e. The van der Waals surface area contributed by atoms with Gasteiger partial charge in [-0.15, -0.1) is 11.8 Å². The Labute approximate surface area is 111 Å². The van der Waals surface area contributed by atoms with Gasteiger partial charge in [-0.2, -0.15) is 0 Å². The molecule has 0 heterocycles. The molecule has 1 aliphatic rings. The molecule has 0 aromatic heterocycles. The summed E-state index contributed by atoms with van der Waals surface area (Å²) in [4.78, 5) is 0.953. The predicted octanol–water partition coefficient (Wildman–Crippen LogP) is 2.68. The molecule has 0 unspecified atom stereocenters. The van der Waals surface area contributed by atoms with E-state index >= 15 is 0 Å². The van der Waals surface area contributed by atoms with Crippen LogP contribution in [-0.2, 0) is 0 Å². The van der Waals surface area contributed by atoms with Gasteiger partial charge in [0.05, 0.1) is 12.2 Å². The van der Waals surface area contributed by atoms with Gasteiger partial charge in [-0.25, -0.2) is 0 Å². The third-order valence-electron chi connectivity index (χ3n) is 3.05. The summed E-state index contributed by atoms with van der Waals surface area (Å²) < 4.78 is 5.77. The predicted molar refractivity (Wildman–Crippen MR) is 73.6 cm³/mol. The third-order valence-corrected chi connectivity index (χ3v) is 3.83. The largest absolute Gasteiger partial charge is 0.493 e. The number of hydrogen-bond donors (Lipinski definition) is 2. The van der Waals surface area contributed by atoms with Crippen LogP contribution in [0.1, 0.15) is 24.8 Å². The maximum atomic E-state index is 8.85. The molecule has 98 valence electrons. The molecule has 1 fully saturated rings. The first-order chi connectivity index (χ1) is 8.76. The van der Waals surface area contributed by atoms with Crippen LogP contribution in [0.3, 0.4) is 0 Å². The molecule has 1 aromatic rings. The summed E-state index contributed by atoms with van der Waals surface area (Å²) in [5.74, 6) is 1.63. The second-order valence-corrected chi connectivity index (χ2v) is 5.25. The fraction of sp³-hybridized carbons (Fsp3) is 0.462. The highest BCUT2D eigenvalue weighted by Gasteiger charge is 2.21. The molecule has 18 heavy (non-hydrogen) atoms. The second kappa shape index (κ2) is 6.00. The van der Waals surface area contributed by atoms with Crippen LogP contribution in [0.15, 0.2) is 28.3 Å². The molecule has 4 nitrogen and oxygen atoms in total. The highest BCUT2D eigenvalue weighted by molar-refractivity contribution is 7.98. The van der Waals surface area contributed by atoms with Gasteiger partial charge in [0.15, 0.2) is 5.84 Å². The molecule has 1 saturated carbocycles. The van der Waals surface area contributed by atoms with Crippen molar-refractivity contribution in [1.29, 1.82) is 0 Å². The smallest absolute Gasteiger partial charge is 0.174 e. The van der Waals surface area contributed by atoms with E-state index in [1.807, 2.05) is 24.5 Å². The molecule has 0 aliphatic heterocycles. The molecule has 0 radical (unpaired) electrons. The molecule has 0 amide bonds. The lowest BCUT2D eigenvalue weighted by Crippen LogP contribution is -2.16. The zero-order valence-electron chi connectivity index (χ0n) is 10.4. The number of nitrogens with two attached hydrogens (primary N) is 1. The number of rotatable bonds is 6. The monoisotopic (exact) mass is 266 g/mol. The molecule has 1 aliphatic carbocycles. The van der Waals surface area contributed by atoms with Gasteiger partial charge >= 0.3 is 0 Å². The Hall–Kier alpha value is -1.36. The minimum absolute atomic E-state index is 0.0985. The van der Waals surface area contributed by atoms with Gasteiger partial charge in [0.2, 0.25) is 0 Å². The third kappa shape index (κ3) is 3.10. The Morgan fingerprint density at radius 2 is 2.33 bits per heavy atom. The summed E-state index contributed by atoms with van der Waals surface area (Å²) in [5.41, 5.74) is 6.41. The van der Waals surface area contributed by atoms with Gasteiger partial charge in [-0.1, -0.05) is 24.1 Å². The SMILES string of the molecule is CSc1cccc(OCCC2CC2)c1/C(N)=N/O. The van der Waals surface area contributed by atoms with Gasteiger partial charge in [0, 0.05) is 4.90 Å². The number of ether oxygens (including phenoxy) is 1. The van der Waals surface area contributed by atoms with E-state index in [0.29, 0.717) is 17.9 Å². The number of amidine groups is 1. The van der Waals surface area contributed by atoms with Crippen LogP contribution >= 0.6 is 11.8 Å². The van der Waals surface area contributed by atoms with Crippen LogP contribution in [0.4, 0.5) is 0 Å². The van der Waals surface area contributed by atoms with Gasteiger partial charge in [-0.3, -0.25) is 0 Å². The first kappa shape index (κ1) is 13.1. The van der Waals surface area contributed by atoms with Crippen LogP contribution < -0.4 is 10.5 Å². The number of benzene rings is 1. The number of thioether (sulfide) groups is 1. The van der Waals surface area contributed by atoms with Gasteiger partial charge in [-0.05, 0) is 30.7 Å². The molecule has 0 saturated heterocycles. The van der Waals surface area contributed by atoms with E-state index in [4.69, 9.17) is 15.7 Å². The molecule has 3 N–H and O–H groups in total. The highest BCUT2D eigenvalue weighted by Crippen LogP contribution is 2.33. The molecule has 1 aromatic carbocycles. The summed E-state index contributed by atoms with van der Waals surface area (Å²) >= 11 is 1.55. The molecule has 0 spiro atoms. The van der Waals surface area contributed by atoms with Crippen molar-refractivity contribution in [1.82, 2.24) is 0 Å². The Morgan fingerprint density at radius 3 is 2.94 bits per heavy atom. The van der Waals surface area contributed by atoms with Crippen molar-refractivity contribution in [2.75, 3.05) is 12.9 Å². The average molecular weight is 266 g/mol. The lowest BCUT2D eigenvalue weighted by Gasteiger charge is -2.13. The first-order valence-electron chi connectivity index (χ1n) is 6.04. The van der Waals surface area contributed by atoms with E-state index < -0.39 is 0 Å². The topological polar surface area (TPSA) is 67.8 Å². The molecular weight excluding hydrogens is 248 g/mol. The van der Waals surface area contributed by atoms with Crippen LogP contribution in [0.5, 0.6) is 5.75 Å². The lowest BCUT2D eigenvalue weighted by molar-refractivity contribution is 0.299. The number of nitrogens with zero attached hydrogens (tertiary/aromatic N) is 1. The van der Waals surface area contributed by atoms with Gasteiger partial charge in [0.1, 0.15) is 5.75 Å². The first-order valence-corrected chi connectivity index (χ1v) is 7.26. The zero-order valence-corrected chi connectivity index (χ0v) is 11.2. The standard InChI is InChI=1S/C13H18N2O2S/c1-18-11-4-2-3-10(12(11)13(14)15-16)17-8-7-9-5-6-9/h2-4,9,16H,5-8H2,1H3,(H2,14,15). The average Bonchev–Trinajstić information content (AvgIpc) is 3.21. The lowest BCUT2D eigenvalue weighted by atomic mass is 10.2. The van der Waals surface area contributed by atoms with Crippen LogP contribution in [-0.4, -0.2) is 23.9 Å². The minimum Gasteiger partial charge on any atom is -0.493 e.